The van der Waals surface area contributed by atoms with Crippen molar-refractivity contribution in [1.82, 2.24) is 20.2 Å². The van der Waals surface area contributed by atoms with E-state index in [1.54, 1.807) is 42.5 Å². The molecule has 0 aliphatic heterocycles. The Morgan fingerprint density at radius 2 is 1.68 bits per heavy atom. The second-order valence-corrected chi connectivity index (χ2v) is 8.56. The number of furan rings is 1. The number of nitrogens with zero attached hydrogens (tertiary/aromatic N) is 4. The zero-order valence-electron chi connectivity index (χ0n) is 19.0. The van der Waals surface area contributed by atoms with Crippen LogP contribution in [0.25, 0.3) is 23.2 Å². The van der Waals surface area contributed by atoms with Gasteiger partial charge in [0.2, 0.25) is 5.91 Å². The fourth-order valence-corrected chi connectivity index (χ4v) is 3.04. The Morgan fingerprint density at radius 1 is 0.941 bits per heavy atom. The molecule has 0 spiro atoms. The van der Waals surface area contributed by atoms with Gasteiger partial charge in [0.25, 0.3) is 5.91 Å². The number of nitrogens with one attached hydrogen (secondary N) is 2. The molecule has 34 heavy (non-hydrogen) atoms. The van der Waals surface area contributed by atoms with Crippen LogP contribution in [0.4, 0.5) is 11.4 Å². The minimum Gasteiger partial charge on any atom is -0.465 e. The molecule has 0 fully saturated rings. The third-order valence-corrected chi connectivity index (χ3v) is 4.84. The van der Waals surface area contributed by atoms with Crippen LogP contribution in [0.15, 0.2) is 77.4 Å². The average Bonchev–Trinajstić information content (AvgIpc) is 3.50. The molecule has 172 valence electrons. The lowest BCUT2D eigenvalue weighted by molar-refractivity contribution is -0.123. The van der Waals surface area contributed by atoms with Crippen LogP contribution < -0.4 is 10.6 Å². The van der Waals surface area contributed by atoms with Crippen LogP contribution >= 0.6 is 0 Å². The second kappa shape index (κ2) is 9.53. The lowest BCUT2D eigenvalue weighted by atomic mass is 9.95. The molecule has 0 aliphatic rings. The fourth-order valence-electron chi connectivity index (χ4n) is 3.04. The number of benzene rings is 2. The molecule has 0 saturated carbocycles. The van der Waals surface area contributed by atoms with Crippen molar-refractivity contribution in [2.24, 2.45) is 5.41 Å². The fraction of sp³-hybridized carbons (Fsp3) is 0.160. The number of carbonyl (C=O) groups is 2. The minimum atomic E-state index is -0.549. The summed E-state index contributed by atoms with van der Waals surface area (Å²) in [4.78, 5) is 25.7. The summed E-state index contributed by atoms with van der Waals surface area (Å²) in [6.45, 7) is 5.49. The van der Waals surface area contributed by atoms with E-state index in [9.17, 15) is 9.59 Å². The number of amides is 2. The predicted molar refractivity (Wildman–Crippen MR) is 129 cm³/mol. The lowest BCUT2D eigenvalue weighted by Crippen LogP contribution is -2.27. The molecule has 0 unspecified atom stereocenters. The highest BCUT2D eigenvalue weighted by molar-refractivity contribution is 6.24. The summed E-state index contributed by atoms with van der Waals surface area (Å²) in [7, 11) is 0. The van der Waals surface area contributed by atoms with Crippen LogP contribution in [-0.4, -0.2) is 32.0 Å². The highest BCUT2D eigenvalue weighted by atomic mass is 16.3. The van der Waals surface area contributed by atoms with Gasteiger partial charge in [-0.1, -0.05) is 57.2 Å². The van der Waals surface area contributed by atoms with Crippen molar-refractivity contribution >= 4 is 35.0 Å². The summed E-state index contributed by atoms with van der Waals surface area (Å²) in [5, 5.41) is 17.6. The number of hydrogen-bond acceptors (Lipinski definition) is 6. The topological polar surface area (TPSA) is 115 Å². The Kier molecular flexibility index (Phi) is 6.35. The zero-order valence-corrected chi connectivity index (χ0v) is 19.0. The van der Waals surface area contributed by atoms with E-state index < -0.39 is 11.3 Å². The van der Waals surface area contributed by atoms with E-state index in [1.807, 2.05) is 51.1 Å². The maximum absolute atomic E-state index is 13.4. The van der Waals surface area contributed by atoms with E-state index in [4.69, 9.17) is 4.42 Å². The van der Waals surface area contributed by atoms with Gasteiger partial charge in [-0.05, 0) is 40.8 Å². The van der Waals surface area contributed by atoms with Gasteiger partial charge in [0.05, 0.1) is 6.26 Å². The first-order chi connectivity index (χ1) is 16.3. The maximum Gasteiger partial charge on any atom is 0.274 e. The molecule has 9 heteroatoms. The molecule has 0 aliphatic carbocycles. The number of aromatic nitrogens is 4. The number of anilines is 2. The highest BCUT2D eigenvalue weighted by Gasteiger charge is 2.22. The molecule has 2 aromatic heterocycles. The number of hydrogen-bond donors (Lipinski definition) is 2. The summed E-state index contributed by atoms with van der Waals surface area (Å²) in [5.74, 6) is 0.279. The van der Waals surface area contributed by atoms with Crippen molar-refractivity contribution in [1.29, 1.82) is 0 Å². The van der Waals surface area contributed by atoms with Gasteiger partial charge in [0.1, 0.15) is 11.5 Å². The van der Waals surface area contributed by atoms with E-state index in [-0.39, 0.29) is 11.6 Å². The smallest absolute Gasteiger partial charge is 0.274 e. The van der Waals surface area contributed by atoms with Gasteiger partial charge >= 0.3 is 0 Å². The summed E-state index contributed by atoms with van der Waals surface area (Å²) in [5.41, 5.74) is 1.42. The Labute approximate surface area is 196 Å². The first kappa shape index (κ1) is 22.7. The SMILES string of the molecule is CC(C)(C)C(=O)Nc1cccc(NC(=O)/C(=C/c2ccco2)n2nnnc2-c2ccccc2)c1. The Morgan fingerprint density at radius 3 is 2.35 bits per heavy atom. The number of carbonyl (C=O) groups excluding carboxylic acids is 2. The normalized spacial score (nSPS) is 11.8. The predicted octanol–water partition coefficient (Wildman–Crippen LogP) is 4.55. The molecule has 0 saturated heterocycles. The molecular weight excluding hydrogens is 432 g/mol. The van der Waals surface area contributed by atoms with Crippen molar-refractivity contribution in [2.75, 3.05) is 10.6 Å². The molecule has 0 radical (unpaired) electrons. The molecular formula is C25H24N6O3. The van der Waals surface area contributed by atoms with E-state index >= 15 is 0 Å². The second-order valence-electron chi connectivity index (χ2n) is 8.56. The number of rotatable bonds is 6. The minimum absolute atomic E-state index is 0.129. The average molecular weight is 457 g/mol. The molecule has 0 atom stereocenters. The van der Waals surface area contributed by atoms with Crippen molar-refractivity contribution in [3.63, 3.8) is 0 Å². The summed E-state index contributed by atoms with van der Waals surface area (Å²) < 4.78 is 6.78. The first-order valence-corrected chi connectivity index (χ1v) is 10.6. The largest absolute Gasteiger partial charge is 0.465 e. The zero-order chi connectivity index (χ0) is 24.1. The van der Waals surface area contributed by atoms with E-state index in [0.29, 0.717) is 23.0 Å². The molecule has 9 nitrogen and oxygen atoms in total. The third-order valence-electron chi connectivity index (χ3n) is 4.84. The monoisotopic (exact) mass is 456 g/mol. The van der Waals surface area contributed by atoms with Crippen LogP contribution in [0.3, 0.4) is 0 Å². The summed E-state index contributed by atoms with van der Waals surface area (Å²) in [6.07, 6.45) is 3.07. The quantitative estimate of drug-likeness (QED) is 0.411. The molecule has 4 aromatic rings. The van der Waals surface area contributed by atoms with Gasteiger partial charge in [-0.15, -0.1) is 5.10 Å². The van der Waals surface area contributed by atoms with Gasteiger partial charge in [-0.2, -0.15) is 4.68 Å². The van der Waals surface area contributed by atoms with Crippen LogP contribution in [-0.2, 0) is 9.59 Å². The van der Waals surface area contributed by atoms with Crippen LogP contribution in [0.2, 0.25) is 0 Å². The van der Waals surface area contributed by atoms with E-state index in [2.05, 4.69) is 26.2 Å². The van der Waals surface area contributed by atoms with E-state index in [0.717, 1.165) is 5.56 Å². The van der Waals surface area contributed by atoms with Crippen molar-refractivity contribution in [2.45, 2.75) is 20.8 Å². The molecule has 2 amide bonds. The highest BCUT2D eigenvalue weighted by Crippen LogP contribution is 2.23. The summed E-state index contributed by atoms with van der Waals surface area (Å²) in [6, 6.07) is 19.7. The molecule has 2 heterocycles. The molecule has 4 rings (SSSR count). The summed E-state index contributed by atoms with van der Waals surface area (Å²) >= 11 is 0. The third kappa shape index (κ3) is 5.26. The van der Waals surface area contributed by atoms with Crippen molar-refractivity contribution < 1.29 is 14.0 Å². The molecule has 0 bridgehead atoms. The van der Waals surface area contributed by atoms with Crippen LogP contribution in [0.5, 0.6) is 0 Å². The maximum atomic E-state index is 13.4. The molecule has 2 N–H and O–H groups in total. The van der Waals surface area contributed by atoms with Crippen LogP contribution in [0, 0.1) is 5.41 Å². The lowest BCUT2D eigenvalue weighted by Gasteiger charge is -2.18. The standard InChI is InChI=1S/C25H24N6O3/c1-25(2,3)24(33)27-19-12-7-11-18(15-19)26-23(32)21(16-20-13-8-14-34-20)31-22(28-29-30-31)17-9-5-4-6-10-17/h4-16H,1-3H3,(H,26,32)(H,27,33)/b21-16-. The van der Waals surface area contributed by atoms with Crippen LogP contribution in [0.1, 0.15) is 26.5 Å². The van der Waals surface area contributed by atoms with E-state index in [1.165, 1.54) is 10.9 Å². The van der Waals surface area contributed by atoms with Gasteiger partial charge in [-0.3, -0.25) is 9.59 Å². The van der Waals surface area contributed by atoms with Gasteiger partial charge in [0.15, 0.2) is 5.82 Å². The Bertz CT molecular complexity index is 1320. The van der Waals surface area contributed by atoms with Gasteiger partial charge < -0.3 is 15.1 Å². The van der Waals surface area contributed by atoms with Crippen molar-refractivity contribution in [3.05, 3.63) is 78.8 Å². The van der Waals surface area contributed by atoms with Gasteiger partial charge in [-0.25, -0.2) is 0 Å². The first-order valence-electron chi connectivity index (χ1n) is 10.6. The molecule has 2 aromatic carbocycles. The Hall–Kier alpha value is -4.53. The Balaban J connectivity index is 1.65. The van der Waals surface area contributed by atoms with Crippen molar-refractivity contribution in [3.8, 4) is 11.4 Å². The number of tetrazole rings is 1. The van der Waals surface area contributed by atoms with Gasteiger partial charge in [0, 0.05) is 28.4 Å².